The predicted octanol–water partition coefficient (Wildman–Crippen LogP) is 0.764. The summed E-state index contributed by atoms with van der Waals surface area (Å²) in [7, 11) is 2.90. The summed E-state index contributed by atoms with van der Waals surface area (Å²) >= 11 is 0. The van der Waals surface area contributed by atoms with Crippen molar-refractivity contribution in [1.29, 1.82) is 0 Å². The Morgan fingerprint density at radius 3 is 2.75 bits per heavy atom. The van der Waals surface area contributed by atoms with Gasteiger partial charge in [0.15, 0.2) is 5.71 Å². The molecule has 0 saturated heterocycles. The van der Waals surface area contributed by atoms with Gasteiger partial charge in [-0.15, -0.1) is 6.42 Å². The molecule has 0 fully saturated rings. The molecule has 4 nitrogen and oxygen atoms in total. The Morgan fingerprint density at radius 2 is 2.19 bits per heavy atom. The quantitative estimate of drug-likeness (QED) is 0.461. The molecular formula is C12H12N2O2. The van der Waals surface area contributed by atoms with E-state index < -0.39 is 0 Å². The van der Waals surface area contributed by atoms with Gasteiger partial charge in [0.1, 0.15) is 7.11 Å². The van der Waals surface area contributed by atoms with Gasteiger partial charge < -0.3 is 10.2 Å². The molecule has 82 valence electrons. The fourth-order valence-electron chi connectivity index (χ4n) is 1.24. The van der Waals surface area contributed by atoms with Gasteiger partial charge >= 0.3 is 0 Å². The third-order valence-electron chi connectivity index (χ3n) is 1.96. The molecule has 1 amide bonds. The number of nitrogens with zero attached hydrogens (tertiary/aromatic N) is 1. The zero-order valence-electron chi connectivity index (χ0n) is 9.15. The van der Waals surface area contributed by atoms with Crippen molar-refractivity contribution >= 4 is 11.6 Å². The van der Waals surface area contributed by atoms with Crippen molar-refractivity contribution in [2.45, 2.75) is 0 Å². The minimum atomic E-state index is -0.343. The largest absolute Gasteiger partial charge is 0.398 e. The average molecular weight is 216 g/mol. The lowest BCUT2D eigenvalue weighted by molar-refractivity contribution is -0.114. The van der Waals surface area contributed by atoms with Crippen molar-refractivity contribution in [3.8, 4) is 12.3 Å². The number of likely N-dealkylation sites (N-methyl/N-ethyl adjacent to an activating group) is 1. The summed E-state index contributed by atoms with van der Waals surface area (Å²) in [6.07, 6.45) is 5.35. The minimum Gasteiger partial charge on any atom is -0.398 e. The Hall–Kier alpha value is -2.28. The fraction of sp³-hybridized carbons (Fsp3) is 0.167. The van der Waals surface area contributed by atoms with E-state index in [1.54, 1.807) is 24.3 Å². The number of nitrogens with one attached hydrogen (secondary N) is 1. The number of hydrogen-bond donors (Lipinski definition) is 1. The van der Waals surface area contributed by atoms with Gasteiger partial charge in [0.05, 0.1) is 0 Å². The highest BCUT2D eigenvalue weighted by atomic mass is 16.6. The highest BCUT2D eigenvalue weighted by molar-refractivity contribution is 6.45. The van der Waals surface area contributed by atoms with Crippen molar-refractivity contribution in [3.63, 3.8) is 0 Å². The van der Waals surface area contributed by atoms with Crippen LogP contribution in [0.1, 0.15) is 11.1 Å². The van der Waals surface area contributed by atoms with E-state index in [1.807, 2.05) is 0 Å². The Labute approximate surface area is 94.3 Å². The monoisotopic (exact) mass is 216 g/mol. The van der Waals surface area contributed by atoms with Crippen LogP contribution in [0.5, 0.6) is 0 Å². The third-order valence-corrected chi connectivity index (χ3v) is 1.96. The lowest BCUT2D eigenvalue weighted by Crippen LogP contribution is -2.29. The second kappa shape index (κ2) is 5.56. The molecule has 0 heterocycles. The molecule has 4 heteroatoms. The summed E-state index contributed by atoms with van der Waals surface area (Å²) in [5, 5.41) is 6.16. The smallest absolute Gasteiger partial charge is 0.273 e. The molecule has 0 spiro atoms. The van der Waals surface area contributed by atoms with E-state index in [0.717, 1.165) is 0 Å². The van der Waals surface area contributed by atoms with Crippen molar-refractivity contribution in [3.05, 3.63) is 35.4 Å². The van der Waals surface area contributed by atoms with Crippen LogP contribution in [0.2, 0.25) is 0 Å². The van der Waals surface area contributed by atoms with E-state index in [0.29, 0.717) is 11.1 Å². The van der Waals surface area contributed by atoms with Gasteiger partial charge in [0, 0.05) is 18.2 Å². The Morgan fingerprint density at radius 1 is 1.50 bits per heavy atom. The van der Waals surface area contributed by atoms with Gasteiger partial charge in [-0.1, -0.05) is 29.3 Å². The molecule has 1 aromatic rings. The van der Waals surface area contributed by atoms with Crippen molar-refractivity contribution in [1.82, 2.24) is 5.32 Å². The number of oxime groups is 1. The molecule has 0 aromatic heterocycles. The molecule has 0 aliphatic rings. The lowest BCUT2D eigenvalue weighted by Gasteiger charge is -2.06. The molecule has 1 rings (SSSR count). The maximum atomic E-state index is 11.6. The first-order chi connectivity index (χ1) is 7.74. The predicted molar refractivity (Wildman–Crippen MR) is 62.0 cm³/mol. The van der Waals surface area contributed by atoms with Crippen LogP contribution in [0.15, 0.2) is 29.4 Å². The van der Waals surface area contributed by atoms with Gasteiger partial charge in [-0.2, -0.15) is 0 Å². The van der Waals surface area contributed by atoms with Gasteiger partial charge in [0.2, 0.25) is 0 Å². The Balaban J connectivity index is 3.28. The molecule has 1 aromatic carbocycles. The molecular weight excluding hydrogens is 204 g/mol. The first kappa shape index (κ1) is 11.8. The summed E-state index contributed by atoms with van der Waals surface area (Å²) in [5.74, 6) is 2.15. The molecule has 0 unspecified atom stereocenters. The van der Waals surface area contributed by atoms with E-state index in [2.05, 4.69) is 21.2 Å². The lowest BCUT2D eigenvalue weighted by atomic mass is 10.0. The van der Waals surface area contributed by atoms with Gasteiger partial charge in [-0.25, -0.2) is 0 Å². The summed E-state index contributed by atoms with van der Waals surface area (Å²) in [6, 6.07) is 7.04. The standard InChI is InChI=1S/C12H12N2O2/c1-4-9-7-5-6-8-10(9)11(14-16-3)12(15)13-2/h1,5-8H,2-3H3,(H,13,15). The molecule has 0 radical (unpaired) electrons. The molecule has 0 bridgehead atoms. The van der Waals surface area contributed by atoms with Crippen molar-refractivity contribution < 1.29 is 9.63 Å². The van der Waals surface area contributed by atoms with E-state index in [4.69, 9.17) is 6.42 Å². The van der Waals surface area contributed by atoms with Crippen LogP contribution in [0.3, 0.4) is 0 Å². The normalized spacial score (nSPS) is 10.4. The zero-order valence-corrected chi connectivity index (χ0v) is 9.15. The number of hydrogen-bond acceptors (Lipinski definition) is 3. The molecule has 1 N–H and O–H groups in total. The maximum absolute atomic E-state index is 11.6. The zero-order chi connectivity index (χ0) is 12.0. The second-order valence-corrected chi connectivity index (χ2v) is 2.89. The summed E-state index contributed by atoms with van der Waals surface area (Å²) in [4.78, 5) is 16.2. The topological polar surface area (TPSA) is 50.7 Å². The number of benzene rings is 1. The third kappa shape index (κ3) is 2.39. The van der Waals surface area contributed by atoms with Gasteiger partial charge in [-0.3, -0.25) is 4.79 Å². The molecule has 0 saturated carbocycles. The van der Waals surface area contributed by atoms with Crippen LogP contribution < -0.4 is 5.32 Å². The van der Waals surface area contributed by atoms with E-state index in [1.165, 1.54) is 14.2 Å². The van der Waals surface area contributed by atoms with Crippen LogP contribution in [-0.2, 0) is 9.63 Å². The minimum absolute atomic E-state index is 0.165. The molecule has 0 atom stereocenters. The number of terminal acetylenes is 1. The van der Waals surface area contributed by atoms with E-state index >= 15 is 0 Å². The SMILES string of the molecule is C#Cc1ccccc1C(=NOC)C(=O)NC. The van der Waals surface area contributed by atoms with Crippen molar-refractivity contribution in [2.24, 2.45) is 5.16 Å². The van der Waals surface area contributed by atoms with E-state index in [9.17, 15) is 4.79 Å². The van der Waals surface area contributed by atoms with Crippen LogP contribution in [-0.4, -0.2) is 25.8 Å². The summed E-state index contributed by atoms with van der Waals surface area (Å²) in [6.45, 7) is 0. The number of carbonyl (C=O) groups excluding carboxylic acids is 1. The number of carbonyl (C=O) groups is 1. The first-order valence-electron chi connectivity index (χ1n) is 4.63. The van der Waals surface area contributed by atoms with Crippen LogP contribution in [0.25, 0.3) is 0 Å². The molecule has 0 aliphatic heterocycles. The Bertz CT molecular complexity index is 458. The molecule has 0 aliphatic carbocycles. The van der Waals surface area contributed by atoms with Crippen LogP contribution >= 0.6 is 0 Å². The van der Waals surface area contributed by atoms with Gasteiger partial charge in [-0.05, 0) is 6.07 Å². The highest BCUT2D eigenvalue weighted by Gasteiger charge is 2.15. The number of amides is 1. The highest BCUT2D eigenvalue weighted by Crippen LogP contribution is 2.09. The summed E-state index contributed by atoms with van der Waals surface area (Å²) in [5.41, 5.74) is 1.34. The second-order valence-electron chi connectivity index (χ2n) is 2.89. The number of rotatable bonds is 3. The maximum Gasteiger partial charge on any atom is 0.273 e. The van der Waals surface area contributed by atoms with Crippen LogP contribution in [0.4, 0.5) is 0 Å². The first-order valence-corrected chi connectivity index (χ1v) is 4.63. The Kier molecular flexibility index (Phi) is 4.10. The van der Waals surface area contributed by atoms with Crippen molar-refractivity contribution in [2.75, 3.05) is 14.2 Å². The van der Waals surface area contributed by atoms with Gasteiger partial charge in [0.25, 0.3) is 5.91 Å². The average Bonchev–Trinajstić information content (AvgIpc) is 2.35. The molecule has 16 heavy (non-hydrogen) atoms. The summed E-state index contributed by atoms with van der Waals surface area (Å²) < 4.78 is 0. The van der Waals surface area contributed by atoms with E-state index in [-0.39, 0.29) is 11.6 Å². The van der Waals surface area contributed by atoms with Crippen LogP contribution in [0, 0.1) is 12.3 Å². The fourth-order valence-corrected chi connectivity index (χ4v) is 1.24.